The minimum Gasteiger partial charge on any atom is -0.462 e. The number of ether oxygens (including phenoxy) is 1. The Morgan fingerprint density at radius 1 is 1.40 bits per heavy atom. The van der Waals surface area contributed by atoms with Gasteiger partial charge in [0, 0.05) is 17.4 Å². The van der Waals surface area contributed by atoms with Crippen molar-refractivity contribution in [2.24, 2.45) is 0 Å². The zero-order valence-electron chi connectivity index (χ0n) is 11.4. The molecule has 0 unspecified atom stereocenters. The third-order valence-electron chi connectivity index (χ3n) is 2.94. The Balaban J connectivity index is 1.95. The van der Waals surface area contributed by atoms with E-state index in [0.29, 0.717) is 29.6 Å². The first-order valence-electron chi connectivity index (χ1n) is 6.70. The van der Waals surface area contributed by atoms with Crippen LogP contribution in [0.5, 0.6) is 0 Å². The van der Waals surface area contributed by atoms with Crippen LogP contribution in [0, 0.1) is 0 Å². The lowest BCUT2D eigenvalue weighted by Gasteiger charge is -2.10. The van der Waals surface area contributed by atoms with Crippen molar-refractivity contribution in [1.82, 2.24) is 5.32 Å². The highest BCUT2D eigenvalue weighted by molar-refractivity contribution is 5.96. The molecule has 0 saturated heterocycles. The first kappa shape index (κ1) is 14.2. The van der Waals surface area contributed by atoms with E-state index in [-0.39, 0.29) is 12.5 Å². The van der Waals surface area contributed by atoms with E-state index in [4.69, 9.17) is 10.5 Å². The van der Waals surface area contributed by atoms with Crippen LogP contribution in [0.15, 0.2) is 18.2 Å². The molecule has 6 nitrogen and oxygen atoms in total. The molecule has 1 amide bonds. The molecule has 6 heteroatoms. The number of nitrogen functional groups attached to an aromatic ring is 1. The second-order valence-corrected chi connectivity index (χ2v) is 4.72. The Labute approximate surface area is 117 Å². The average molecular weight is 277 g/mol. The third-order valence-corrected chi connectivity index (χ3v) is 2.94. The molecule has 4 N–H and O–H groups in total. The quantitative estimate of drug-likeness (QED) is 0.535. The fourth-order valence-electron chi connectivity index (χ4n) is 1.74. The number of hydrogen-bond donors (Lipinski definition) is 3. The zero-order chi connectivity index (χ0) is 14.5. The molecule has 108 valence electrons. The number of benzene rings is 1. The Morgan fingerprint density at radius 3 is 2.80 bits per heavy atom. The van der Waals surface area contributed by atoms with Crippen molar-refractivity contribution in [3.05, 3.63) is 23.8 Å². The topological polar surface area (TPSA) is 93.4 Å². The van der Waals surface area contributed by atoms with Crippen molar-refractivity contribution < 1.29 is 14.3 Å². The lowest BCUT2D eigenvalue weighted by Crippen LogP contribution is -2.31. The monoisotopic (exact) mass is 277 g/mol. The molecule has 0 aromatic heterocycles. The maximum atomic E-state index is 11.7. The van der Waals surface area contributed by atoms with Gasteiger partial charge in [0.15, 0.2) is 0 Å². The lowest BCUT2D eigenvalue weighted by atomic mass is 10.1. The van der Waals surface area contributed by atoms with Gasteiger partial charge in [0.2, 0.25) is 5.91 Å². The molecule has 1 fully saturated rings. The average Bonchev–Trinajstić information content (AvgIpc) is 3.22. The molecule has 2 rings (SSSR count). The van der Waals surface area contributed by atoms with Crippen molar-refractivity contribution in [1.29, 1.82) is 0 Å². The molecule has 1 aliphatic rings. The maximum absolute atomic E-state index is 11.7. The van der Waals surface area contributed by atoms with Crippen LogP contribution in [0.2, 0.25) is 0 Å². The van der Waals surface area contributed by atoms with E-state index in [0.717, 1.165) is 12.8 Å². The Morgan fingerprint density at radius 2 is 2.15 bits per heavy atom. The van der Waals surface area contributed by atoms with E-state index in [1.165, 1.54) is 0 Å². The molecule has 0 spiro atoms. The van der Waals surface area contributed by atoms with Crippen molar-refractivity contribution >= 4 is 23.3 Å². The summed E-state index contributed by atoms with van der Waals surface area (Å²) in [6, 6.07) is 5.28. The molecule has 0 atom stereocenters. The van der Waals surface area contributed by atoms with Crippen molar-refractivity contribution in [2.45, 2.75) is 25.8 Å². The van der Waals surface area contributed by atoms with Crippen LogP contribution >= 0.6 is 0 Å². The molecule has 20 heavy (non-hydrogen) atoms. The number of nitrogens with one attached hydrogen (secondary N) is 2. The number of hydrogen-bond acceptors (Lipinski definition) is 5. The maximum Gasteiger partial charge on any atom is 0.340 e. The Bertz CT molecular complexity index is 512. The number of anilines is 2. The molecule has 0 radical (unpaired) electrons. The zero-order valence-corrected chi connectivity index (χ0v) is 11.4. The number of esters is 1. The minimum absolute atomic E-state index is 0.0537. The predicted molar refractivity (Wildman–Crippen MR) is 76.5 cm³/mol. The van der Waals surface area contributed by atoms with Gasteiger partial charge in [-0.05, 0) is 38.0 Å². The van der Waals surface area contributed by atoms with Gasteiger partial charge in [0.05, 0.1) is 18.7 Å². The first-order chi connectivity index (χ1) is 9.60. The molecule has 1 aromatic rings. The summed E-state index contributed by atoms with van der Waals surface area (Å²) >= 11 is 0. The van der Waals surface area contributed by atoms with Gasteiger partial charge in [0.1, 0.15) is 0 Å². The van der Waals surface area contributed by atoms with Crippen LogP contribution in [0.4, 0.5) is 11.4 Å². The van der Waals surface area contributed by atoms with Gasteiger partial charge >= 0.3 is 5.97 Å². The SMILES string of the molecule is CCOC(=O)c1cc(NCC(=O)NC2CC2)ccc1N. The van der Waals surface area contributed by atoms with Crippen LogP contribution in [0.1, 0.15) is 30.1 Å². The standard InChI is InChI=1S/C14H19N3O3/c1-2-20-14(19)11-7-10(5-6-12(11)15)16-8-13(18)17-9-3-4-9/h5-7,9,16H,2-4,8,15H2,1H3,(H,17,18). The van der Waals surface area contributed by atoms with E-state index in [2.05, 4.69) is 10.6 Å². The molecular formula is C14H19N3O3. The number of carbonyl (C=O) groups excluding carboxylic acids is 2. The fraction of sp³-hybridized carbons (Fsp3) is 0.429. The Hall–Kier alpha value is -2.24. The van der Waals surface area contributed by atoms with Crippen LogP contribution in [-0.4, -0.2) is 31.1 Å². The highest BCUT2D eigenvalue weighted by Crippen LogP contribution is 2.20. The van der Waals surface area contributed by atoms with Gasteiger partial charge < -0.3 is 21.1 Å². The summed E-state index contributed by atoms with van der Waals surface area (Å²) in [5, 5.41) is 5.84. The van der Waals surface area contributed by atoms with Gasteiger partial charge in [-0.25, -0.2) is 4.79 Å². The summed E-state index contributed by atoms with van der Waals surface area (Å²) in [5.41, 5.74) is 7.07. The van der Waals surface area contributed by atoms with E-state index >= 15 is 0 Å². The highest BCUT2D eigenvalue weighted by atomic mass is 16.5. The minimum atomic E-state index is -0.462. The van der Waals surface area contributed by atoms with Gasteiger partial charge in [-0.15, -0.1) is 0 Å². The molecular weight excluding hydrogens is 258 g/mol. The summed E-state index contributed by atoms with van der Waals surface area (Å²) < 4.78 is 4.92. The number of nitrogens with two attached hydrogens (primary N) is 1. The molecule has 0 heterocycles. The van der Waals surface area contributed by atoms with Crippen LogP contribution in [0.3, 0.4) is 0 Å². The van der Waals surface area contributed by atoms with Crippen LogP contribution < -0.4 is 16.4 Å². The molecule has 1 saturated carbocycles. The van der Waals surface area contributed by atoms with Crippen LogP contribution in [0.25, 0.3) is 0 Å². The van der Waals surface area contributed by atoms with Gasteiger partial charge in [-0.1, -0.05) is 0 Å². The van der Waals surface area contributed by atoms with Crippen molar-refractivity contribution in [3.8, 4) is 0 Å². The smallest absolute Gasteiger partial charge is 0.340 e. The molecule has 0 aliphatic heterocycles. The normalized spacial score (nSPS) is 13.7. The molecule has 1 aliphatic carbocycles. The molecule has 0 bridgehead atoms. The van der Waals surface area contributed by atoms with E-state index in [1.807, 2.05) is 0 Å². The Kier molecular flexibility index (Phi) is 4.45. The van der Waals surface area contributed by atoms with E-state index < -0.39 is 5.97 Å². The largest absolute Gasteiger partial charge is 0.462 e. The lowest BCUT2D eigenvalue weighted by molar-refractivity contribution is -0.119. The first-order valence-corrected chi connectivity index (χ1v) is 6.70. The van der Waals surface area contributed by atoms with E-state index in [9.17, 15) is 9.59 Å². The second-order valence-electron chi connectivity index (χ2n) is 4.72. The van der Waals surface area contributed by atoms with E-state index in [1.54, 1.807) is 25.1 Å². The van der Waals surface area contributed by atoms with Gasteiger partial charge in [-0.3, -0.25) is 4.79 Å². The number of amides is 1. The number of rotatable bonds is 6. The molecule has 1 aromatic carbocycles. The third kappa shape index (κ3) is 3.88. The summed E-state index contributed by atoms with van der Waals surface area (Å²) in [5.74, 6) is -0.516. The van der Waals surface area contributed by atoms with Crippen LogP contribution in [-0.2, 0) is 9.53 Å². The predicted octanol–water partition coefficient (Wildman–Crippen LogP) is 1.14. The summed E-state index contributed by atoms with van der Waals surface area (Å²) in [4.78, 5) is 23.3. The summed E-state index contributed by atoms with van der Waals surface area (Å²) in [6.45, 7) is 2.20. The van der Waals surface area contributed by atoms with Crippen molar-refractivity contribution in [2.75, 3.05) is 24.2 Å². The highest BCUT2D eigenvalue weighted by Gasteiger charge is 2.22. The second kappa shape index (κ2) is 6.27. The summed E-state index contributed by atoms with van der Waals surface area (Å²) in [6.07, 6.45) is 2.11. The summed E-state index contributed by atoms with van der Waals surface area (Å²) in [7, 11) is 0. The van der Waals surface area contributed by atoms with Gasteiger partial charge in [0.25, 0.3) is 0 Å². The van der Waals surface area contributed by atoms with Crippen molar-refractivity contribution in [3.63, 3.8) is 0 Å². The number of carbonyl (C=O) groups is 2. The van der Waals surface area contributed by atoms with Gasteiger partial charge in [-0.2, -0.15) is 0 Å². The fourth-order valence-corrected chi connectivity index (χ4v) is 1.74.